The Bertz CT molecular complexity index is 618. The predicted octanol–water partition coefficient (Wildman–Crippen LogP) is 2.54. The number of aryl methyl sites for hydroxylation is 1. The van der Waals surface area contributed by atoms with Crippen molar-refractivity contribution in [2.45, 2.75) is 57.1 Å². The quantitative estimate of drug-likeness (QED) is 0.847. The van der Waals surface area contributed by atoms with E-state index in [1.165, 1.54) is 0 Å². The molecule has 0 aliphatic heterocycles. The van der Waals surface area contributed by atoms with Gasteiger partial charge < -0.3 is 14.9 Å². The molecule has 23 heavy (non-hydrogen) atoms. The zero-order valence-corrected chi connectivity index (χ0v) is 13.7. The van der Waals surface area contributed by atoms with Crippen LogP contribution in [0.5, 0.6) is 0 Å². The second-order valence-corrected chi connectivity index (χ2v) is 6.86. The van der Waals surface area contributed by atoms with E-state index in [1.807, 2.05) is 17.5 Å². The number of carbonyl (C=O) groups is 1. The molecule has 2 aromatic rings. The molecule has 1 amide bonds. The van der Waals surface area contributed by atoms with Crippen LogP contribution in [-0.4, -0.2) is 33.3 Å². The van der Waals surface area contributed by atoms with E-state index in [9.17, 15) is 9.90 Å². The summed E-state index contributed by atoms with van der Waals surface area (Å²) in [5.74, 6) is 1.24. The second kappa shape index (κ2) is 7.70. The number of nitrogens with zero attached hydrogens (tertiary/aromatic N) is 2. The summed E-state index contributed by atoms with van der Waals surface area (Å²) in [5.41, 5.74) is 0. The third-order valence-corrected chi connectivity index (χ3v) is 4.93. The first-order chi connectivity index (χ1) is 11.2. The van der Waals surface area contributed by atoms with Gasteiger partial charge in [-0.15, -0.1) is 11.3 Å². The van der Waals surface area contributed by atoms with Crippen LogP contribution >= 0.6 is 11.3 Å². The molecule has 0 aromatic carbocycles. The minimum Gasteiger partial charge on any atom is -0.393 e. The van der Waals surface area contributed by atoms with Crippen molar-refractivity contribution in [3.05, 3.63) is 23.4 Å². The Morgan fingerprint density at radius 1 is 1.39 bits per heavy atom. The highest BCUT2D eigenvalue weighted by atomic mass is 32.1. The average molecular weight is 335 g/mol. The van der Waals surface area contributed by atoms with Gasteiger partial charge in [-0.1, -0.05) is 11.2 Å². The monoisotopic (exact) mass is 335 g/mol. The number of thiophene rings is 1. The van der Waals surface area contributed by atoms with Crippen LogP contribution in [0.1, 0.15) is 44.4 Å². The minimum absolute atomic E-state index is 0.0596. The lowest BCUT2D eigenvalue weighted by atomic mass is 9.93. The van der Waals surface area contributed by atoms with Gasteiger partial charge in [0.25, 0.3) is 0 Å². The molecular formula is C16H21N3O3S. The van der Waals surface area contributed by atoms with E-state index in [4.69, 9.17) is 4.52 Å². The van der Waals surface area contributed by atoms with Crippen molar-refractivity contribution in [2.24, 2.45) is 0 Å². The van der Waals surface area contributed by atoms with Crippen LogP contribution in [0, 0.1) is 0 Å². The highest BCUT2D eigenvalue weighted by Crippen LogP contribution is 2.22. The van der Waals surface area contributed by atoms with E-state index in [1.54, 1.807) is 11.3 Å². The van der Waals surface area contributed by atoms with E-state index < -0.39 is 0 Å². The van der Waals surface area contributed by atoms with Gasteiger partial charge in [0.05, 0.1) is 11.0 Å². The topological polar surface area (TPSA) is 88.2 Å². The standard InChI is InChI=1S/C16H21N3O3S/c20-12-8-6-11(7-9-12)17-14(21)4-1-5-15-18-16(19-22-15)13-3-2-10-23-13/h2-3,10-12,20H,1,4-9H2,(H,17,21). The highest BCUT2D eigenvalue weighted by Gasteiger charge is 2.20. The average Bonchev–Trinajstić information content (AvgIpc) is 3.20. The SMILES string of the molecule is O=C(CCCc1nc(-c2cccs2)no1)NC1CCC(O)CC1. The van der Waals surface area contributed by atoms with Gasteiger partial charge in [-0.05, 0) is 43.6 Å². The van der Waals surface area contributed by atoms with Crippen molar-refractivity contribution >= 4 is 17.2 Å². The molecule has 2 aromatic heterocycles. The second-order valence-electron chi connectivity index (χ2n) is 5.92. The number of amides is 1. The zero-order chi connectivity index (χ0) is 16.1. The summed E-state index contributed by atoms with van der Waals surface area (Å²) in [6.45, 7) is 0. The molecule has 0 radical (unpaired) electrons. The van der Waals surface area contributed by atoms with Gasteiger partial charge in [0, 0.05) is 18.9 Å². The Morgan fingerprint density at radius 2 is 2.22 bits per heavy atom. The predicted molar refractivity (Wildman–Crippen MR) is 87.0 cm³/mol. The van der Waals surface area contributed by atoms with Gasteiger partial charge in [0.2, 0.25) is 17.6 Å². The van der Waals surface area contributed by atoms with Crippen molar-refractivity contribution in [1.82, 2.24) is 15.5 Å². The number of carbonyl (C=O) groups excluding carboxylic acids is 1. The Balaban J connectivity index is 1.38. The summed E-state index contributed by atoms with van der Waals surface area (Å²) in [6.07, 6.45) is 4.83. The van der Waals surface area contributed by atoms with Crippen molar-refractivity contribution in [3.63, 3.8) is 0 Å². The minimum atomic E-state index is -0.196. The largest absolute Gasteiger partial charge is 0.393 e. The van der Waals surface area contributed by atoms with Gasteiger partial charge in [-0.25, -0.2) is 0 Å². The number of aromatic nitrogens is 2. The molecule has 6 nitrogen and oxygen atoms in total. The molecule has 1 aliphatic rings. The smallest absolute Gasteiger partial charge is 0.226 e. The van der Waals surface area contributed by atoms with Gasteiger partial charge in [0.1, 0.15) is 0 Å². The van der Waals surface area contributed by atoms with Crippen molar-refractivity contribution < 1.29 is 14.4 Å². The van der Waals surface area contributed by atoms with Gasteiger partial charge >= 0.3 is 0 Å². The normalized spacial score (nSPS) is 21.3. The van der Waals surface area contributed by atoms with Gasteiger partial charge in [-0.2, -0.15) is 4.98 Å². The maximum absolute atomic E-state index is 11.9. The number of hydrogen-bond acceptors (Lipinski definition) is 6. The Hall–Kier alpha value is -1.73. The van der Waals surface area contributed by atoms with Gasteiger partial charge in [0.15, 0.2) is 0 Å². The maximum atomic E-state index is 11.9. The number of rotatable bonds is 6. The Morgan fingerprint density at radius 3 is 2.96 bits per heavy atom. The summed E-state index contributed by atoms with van der Waals surface area (Å²) >= 11 is 1.57. The van der Waals surface area contributed by atoms with E-state index in [0.29, 0.717) is 31.0 Å². The van der Waals surface area contributed by atoms with E-state index in [2.05, 4.69) is 15.5 Å². The zero-order valence-electron chi connectivity index (χ0n) is 12.9. The number of hydrogen-bond donors (Lipinski definition) is 2. The van der Waals surface area contributed by atoms with Crippen LogP contribution in [0.15, 0.2) is 22.0 Å². The third kappa shape index (κ3) is 4.62. The molecule has 0 saturated heterocycles. The van der Waals surface area contributed by atoms with Crippen LogP contribution < -0.4 is 5.32 Å². The summed E-state index contributed by atoms with van der Waals surface area (Å²) in [6, 6.07) is 4.11. The van der Waals surface area contributed by atoms with Crippen LogP contribution in [0.4, 0.5) is 0 Å². The molecule has 124 valence electrons. The summed E-state index contributed by atoms with van der Waals surface area (Å²) in [4.78, 5) is 17.3. The fourth-order valence-corrected chi connectivity index (χ4v) is 3.43. The van der Waals surface area contributed by atoms with Crippen molar-refractivity contribution in [2.75, 3.05) is 0 Å². The molecule has 7 heteroatoms. The molecular weight excluding hydrogens is 314 g/mol. The number of nitrogens with one attached hydrogen (secondary N) is 1. The fourth-order valence-electron chi connectivity index (χ4n) is 2.78. The first-order valence-corrected chi connectivity index (χ1v) is 8.92. The molecule has 1 fully saturated rings. The molecule has 0 spiro atoms. The summed E-state index contributed by atoms with van der Waals surface area (Å²) in [7, 11) is 0. The Kier molecular flexibility index (Phi) is 5.40. The fraction of sp³-hybridized carbons (Fsp3) is 0.562. The van der Waals surface area contributed by atoms with E-state index >= 15 is 0 Å². The lowest BCUT2D eigenvalue weighted by Gasteiger charge is -2.26. The lowest BCUT2D eigenvalue weighted by molar-refractivity contribution is -0.122. The third-order valence-electron chi connectivity index (χ3n) is 4.07. The first kappa shape index (κ1) is 16.1. The van der Waals surface area contributed by atoms with Crippen LogP contribution in [0.3, 0.4) is 0 Å². The number of aliphatic hydroxyl groups is 1. The molecule has 2 heterocycles. The van der Waals surface area contributed by atoms with E-state index in [0.717, 1.165) is 30.6 Å². The van der Waals surface area contributed by atoms with Crippen LogP contribution in [0.2, 0.25) is 0 Å². The van der Waals surface area contributed by atoms with Gasteiger partial charge in [-0.3, -0.25) is 4.79 Å². The van der Waals surface area contributed by atoms with Crippen LogP contribution in [-0.2, 0) is 11.2 Å². The summed E-state index contributed by atoms with van der Waals surface area (Å²) in [5, 5.41) is 18.4. The molecule has 1 aliphatic carbocycles. The van der Waals surface area contributed by atoms with Crippen molar-refractivity contribution in [1.29, 1.82) is 0 Å². The van der Waals surface area contributed by atoms with E-state index in [-0.39, 0.29) is 18.1 Å². The molecule has 2 N–H and O–H groups in total. The molecule has 3 rings (SSSR count). The molecule has 0 atom stereocenters. The first-order valence-electron chi connectivity index (χ1n) is 8.04. The molecule has 0 bridgehead atoms. The van der Waals surface area contributed by atoms with Crippen molar-refractivity contribution in [3.8, 4) is 10.7 Å². The maximum Gasteiger partial charge on any atom is 0.226 e. The van der Waals surface area contributed by atoms with Crippen LogP contribution in [0.25, 0.3) is 10.7 Å². The lowest BCUT2D eigenvalue weighted by Crippen LogP contribution is -2.38. The highest BCUT2D eigenvalue weighted by molar-refractivity contribution is 7.13. The molecule has 0 unspecified atom stereocenters. The number of aliphatic hydroxyl groups excluding tert-OH is 1. The summed E-state index contributed by atoms with van der Waals surface area (Å²) < 4.78 is 5.22. The molecule has 1 saturated carbocycles. The Labute approximate surface area is 138 Å².